The standard InChI is InChI=1S/C37H49N9O5/c1-2-3-4-5-6-7-8-9-13-34(48)43-30(19-26-14-16-29(47)17-15-26)35(49)44-31(20-27-22-38-24-41-27)36(50)45-32(21-28-23-39-25-42-28)37(51)46-33-12-10-11-18-40-33/h10-12,14-18,22-25,30-32,47H,2-9,13,19-21H2,1H3,(H,38,41)(H,39,42)(H,43,48)(H,44,49)(H,45,50)(H,40,46,51)/t30-,31-,32-/m0/s1. The number of phenols is 1. The molecule has 1 aromatic carbocycles. The second kappa shape index (κ2) is 20.9. The first kappa shape index (κ1) is 38.3. The molecule has 0 unspecified atom stereocenters. The van der Waals surface area contributed by atoms with Crippen LogP contribution in [-0.2, 0) is 38.4 Å². The van der Waals surface area contributed by atoms with Gasteiger partial charge in [0.1, 0.15) is 29.7 Å². The van der Waals surface area contributed by atoms with E-state index in [0.717, 1.165) is 19.3 Å². The highest BCUT2D eigenvalue weighted by Gasteiger charge is 2.31. The van der Waals surface area contributed by atoms with Crippen molar-refractivity contribution in [3.8, 4) is 5.75 Å². The molecule has 4 rings (SSSR count). The number of carbonyl (C=O) groups excluding carboxylic acids is 4. The van der Waals surface area contributed by atoms with Crippen molar-refractivity contribution in [1.29, 1.82) is 0 Å². The number of nitrogens with one attached hydrogen (secondary N) is 6. The fourth-order valence-electron chi connectivity index (χ4n) is 5.61. The average Bonchev–Trinajstić information content (AvgIpc) is 3.85. The number of aromatic nitrogens is 5. The van der Waals surface area contributed by atoms with E-state index in [1.807, 2.05) is 0 Å². The van der Waals surface area contributed by atoms with Crippen LogP contribution in [0.1, 0.15) is 81.7 Å². The average molecular weight is 700 g/mol. The number of pyridine rings is 1. The molecule has 0 fully saturated rings. The monoisotopic (exact) mass is 699 g/mol. The van der Waals surface area contributed by atoms with Crippen LogP contribution < -0.4 is 21.3 Å². The van der Waals surface area contributed by atoms with Crippen LogP contribution in [-0.4, -0.2) is 71.8 Å². The van der Waals surface area contributed by atoms with Crippen molar-refractivity contribution < 1.29 is 24.3 Å². The maximum Gasteiger partial charge on any atom is 0.248 e. The number of hydrogen-bond acceptors (Lipinski definition) is 8. The Balaban J connectivity index is 1.46. The van der Waals surface area contributed by atoms with Gasteiger partial charge >= 0.3 is 0 Å². The minimum Gasteiger partial charge on any atom is -0.508 e. The van der Waals surface area contributed by atoms with Gasteiger partial charge in [0.25, 0.3) is 0 Å². The number of unbranched alkanes of at least 4 members (excludes halogenated alkanes) is 7. The van der Waals surface area contributed by atoms with Crippen LogP contribution in [0.5, 0.6) is 5.75 Å². The van der Waals surface area contributed by atoms with Crippen LogP contribution in [0.25, 0.3) is 0 Å². The van der Waals surface area contributed by atoms with Crippen LogP contribution in [0.15, 0.2) is 73.7 Å². The molecule has 4 amide bonds. The van der Waals surface area contributed by atoms with E-state index in [0.29, 0.717) is 29.2 Å². The van der Waals surface area contributed by atoms with Gasteiger partial charge in [-0.3, -0.25) is 19.2 Å². The maximum atomic E-state index is 13.9. The van der Waals surface area contributed by atoms with Crippen molar-refractivity contribution in [1.82, 2.24) is 40.9 Å². The molecule has 14 heteroatoms. The van der Waals surface area contributed by atoms with Crippen LogP contribution >= 0.6 is 0 Å². The first-order chi connectivity index (χ1) is 24.8. The Hall–Kier alpha value is -5.53. The SMILES string of the molecule is CCCCCCCCCCC(=O)N[C@@H](Cc1ccc(O)cc1)C(=O)N[C@@H](Cc1cnc[nH]1)C(=O)N[C@@H](Cc1cnc[nH]1)C(=O)Nc1ccccn1. The van der Waals surface area contributed by atoms with Gasteiger partial charge in [-0.25, -0.2) is 15.0 Å². The van der Waals surface area contributed by atoms with Gasteiger partial charge in [-0.15, -0.1) is 0 Å². The van der Waals surface area contributed by atoms with Crippen LogP contribution in [0.4, 0.5) is 5.82 Å². The van der Waals surface area contributed by atoms with E-state index in [9.17, 15) is 24.3 Å². The topological polar surface area (TPSA) is 207 Å². The van der Waals surface area contributed by atoms with Crippen LogP contribution in [0, 0.1) is 0 Å². The molecule has 14 nitrogen and oxygen atoms in total. The molecule has 3 heterocycles. The highest BCUT2D eigenvalue weighted by molar-refractivity contribution is 5.98. The molecule has 0 aliphatic rings. The molecule has 7 N–H and O–H groups in total. The number of rotatable bonds is 22. The van der Waals surface area contributed by atoms with E-state index in [1.54, 1.807) is 42.7 Å². The van der Waals surface area contributed by atoms with E-state index >= 15 is 0 Å². The molecule has 0 saturated heterocycles. The van der Waals surface area contributed by atoms with Gasteiger partial charge in [0.2, 0.25) is 23.6 Å². The lowest BCUT2D eigenvalue weighted by Crippen LogP contribution is -2.57. The van der Waals surface area contributed by atoms with Gasteiger partial charge in [0, 0.05) is 55.7 Å². The van der Waals surface area contributed by atoms with Crippen molar-refractivity contribution in [2.24, 2.45) is 0 Å². The number of nitrogens with zero attached hydrogens (tertiary/aromatic N) is 3. The Labute approximate surface area is 298 Å². The van der Waals surface area contributed by atoms with Gasteiger partial charge in [-0.1, -0.05) is 70.1 Å². The van der Waals surface area contributed by atoms with Crippen molar-refractivity contribution in [3.63, 3.8) is 0 Å². The van der Waals surface area contributed by atoms with Gasteiger partial charge in [0.05, 0.1) is 12.7 Å². The number of aromatic amines is 2. The molecular weight excluding hydrogens is 650 g/mol. The normalized spacial score (nSPS) is 12.7. The summed E-state index contributed by atoms with van der Waals surface area (Å²) in [6.45, 7) is 2.19. The zero-order chi connectivity index (χ0) is 36.3. The molecule has 0 saturated carbocycles. The first-order valence-electron chi connectivity index (χ1n) is 17.6. The predicted octanol–water partition coefficient (Wildman–Crippen LogP) is 3.89. The number of imidazole rings is 2. The Kier molecular flexibility index (Phi) is 15.7. The van der Waals surface area contributed by atoms with E-state index < -0.39 is 35.8 Å². The van der Waals surface area contributed by atoms with Crippen molar-refractivity contribution in [3.05, 3.63) is 90.7 Å². The van der Waals surface area contributed by atoms with E-state index in [2.05, 4.69) is 53.1 Å². The Bertz CT molecular complexity index is 1610. The third-order valence-electron chi connectivity index (χ3n) is 8.43. The molecule has 0 spiro atoms. The molecule has 0 aliphatic carbocycles. The number of benzene rings is 1. The first-order valence-corrected chi connectivity index (χ1v) is 17.6. The summed E-state index contributed by atoms with van der Waals surface area (Å²) in [5.74, 6) is -1.58. The minimum atomic E-state index is -1.14. The molecule has 272 valence electrons. The fourth-order valence-corrected chi connectivity index (χ4v) is 5.61. The predicted molar refractivity (Wildman–Crippen MR) is 192 cm³/mol. The zero-order valence-corrected chi connectivity index (χ0v) is 29.1. The maximum absolute atomic E-state index is 13.9. The lowest BCUT2D eigenvalue weighted by Gasteiger charge is -2.25. The van der Waals surface area contributed by atoms with E-state index in [-0.39, 0.29) is 37.3 Å². The summed E-state index contributed by atoms with van der Waals surface area (Å²) in [6, 6.07) is 8.24. The van der Waals surface area contributed by atoms with Gasteiger partial charge in [0.15, 0.2) is 0 Å². The molecular formula is C37H49N9O5. The van der Waals surface area contributed by atoms with Gasteiger partial charge in [-0.2, -0.15) is 0 Å². The summed E-state index contributed by atoms with van der Waals surface area (Å²) in [4.78, 5) is 72.5. The lowest BCUT2D eigenvalue weighted by atomic mass is 10.0. The van der Waals surface area contributed by atoms with Crippen molar-refractivity contribution in [2.75, 3.05) is 5.32 Å². The third kappa shape index (κ3) is 13.7. The molecule has 0 bridgehead atoms. The number of amides is 4. The van der Waals surface area contributed by atoms with Crippen LogP contribution in [0.3, 0.4) is 0 Å². The second-order valence-corrected chi connectivity index (χ2v) is 12.6. The third-order valence-corrected chi connectivity index (χ3v) is 8.43. The van der Waals surface area contributed by atoms with E-state index in [4.69, 9.17) is 0 Å². The summed E-state index contributed by atoms with van der Waals surface area (Å²) in [7, 11) is 0. The molecule has 4 aromatic rings. The molecule has 0 radical (unpaired) electrons. The fraction of sp³-hybridized carbons (Fsp3) is 0.432. The van der Waals surface area contributed by atoms with Gasteiger partial charge < -0.3 is 36.3 Å². The minimum absolute atomic E-state index is 0.0361. The summed E-state index contributed by atoms with van der Waals surface area (Å²) in [5.41, 5.74) is 1.90. The quantitative estimate of drug-likeness (QED) is 0.0598. The molecule has 3 atom stereocenters. The van der Waals surface area contributed by atoms with Crippen molar-refractivity contribution >= 4 is 29.4 Å². The number of carbonyl (C=O) groups is 4. The number of anilines is 1. The lowest BCUT2D eigenvalue weighted by molar-refractivity contribution is -0.133. The van der Waals surface area contributed by atoms with Crippen LogP contribution in [0.2, 0.25) is 0 Å². The summed E-state index contributed by atoms with van der Waals surface area (Å²) >= 11 is 0. The highest BCUT2D eigenvalue weighted by Crippen LogP contribution is 2.14. The second-order valence-electron chi connectivity index (χ2n) is 12.6. The number of hydrogen-bond donors (Lipinski definition) is 7. The van der Waals surface area contributed by atoms with Crippen molar-refractivity contribution in [2.45, 2.75) is 102 Å². The molecule has 0 aliphatic heterocycles. The smallest absolute Gasteiger partial charge is 0.248 e. The molecule has 51 heavy (non-hydrogen) atoms. The zero-order valence-electron chi connectivity index (χ0n) is 29.1. The largest absolute Gasteiger partial charge is 0.508 e. The van der Waals surface area contributed by atoms with Gasteiger partial charge in [-0.05, 0) is 36.2 Å². The summed E-state index contributed by atoms with van der Waals surface area (Å²) < 4.78 is 0. The highest BCUT2D eigenvalue weighted by atomic mass is 16.3. The number of phenolic OH excluding ortho intramolecular Hbond substituents is 1. The van der Waals surface area contributed by atoms with E-state index in [1.165, 1.54) is 56.7 Å². The Morgan fingerprint density at radius 3 is 1.80 bits per heavy atom. The number of aromatic hydroxyl groups is 1. The number of H-pyrrole nitrogens is 2. The Morgan fingerprint density at radius 2 is 1.25 bits per heavy atom. The summed E-state index contributed by atoms with van der Waals surface area (Å²) in [5, 5.41) is 21.0. The summed E-state index contributed by atoms with van der Waals surface area (Å²) in [6.07, 6.45) is 16.8. The Morgan fingerprint density at radius 1 is 0.686 bits per heavy atom. The molecule has 3 aromatic heterocycles.